The average Bonchev–Trinajstić information content (AvgIpc) is 2.66. The van der Waals surface area contributed by atoms with Gasteiger partial charge in [-0.15, -0.1) is 0 Å². The SMILES string of the molecule is Cc1cccc(C)c1C.Cc1cccc(C)c1C(=CC=O)c1c(C)cccc1C. The van der Waals surface area contributed by atoms with Crippen molar-refractivity contribution in [2.45, 2.75) is 48.5 Å². The summed E-state index contributed by atoms with van der Waals surface area (Å²) in [7, 11) is 0. The Bertz CT molecular complexity index is 924. The van der Waals surface area contributed by atoms with Crippen LogP contribution >= 0.6 is 0 Å². The molecule has 0 aliphatic heterocycles. The summed E-state index contributed by atoms with van der Waals surface area (Å²) >= 11 is 0. The lowest BCUT2D eigenvalue weighted by atomic mass is 9.86. The Labute approximate surface area is 176 Å². The highest BCUT2D eigenvalue weighted by molar-refractivity contribution is 5.93. The lowest BCUT2D eigenvalue weighted by molar-refractivity contribution is -0.104. The molecule has 0 bridgehead atoms. The van der Waals surface area contributed by atoms with E-state index >= 15 is 0 Å². The zero-order valence-electron chi connectivity index (χ0n) is 18.8. The molecular weight excluding hydrogens is 352 g/mol. The predicted octanol–water partition coefficient (Wildman–Crippen LogP) is 7.16. The van der Waals surface area contributed by atoms with E-state index in [9.17, 15) is 4.79 Å². The second-order valence-electron chi connectivity index (χ2n) is 7.77. The van der Waals surface area contributed by atoms with Gasteiger partial charge in [0.15, 0.2) is 0 Å². The first kappa shape index (κ1) is 22.4. The first-order valence-corrected chi connectivity index (χ1v) is 10.1. The van der Waals surface area contributed by atoms with Gasteiger partial charge in [-0.3, -0.25) is 4.79 Å². The van der Waals surface area contributed by atoms with Crippen molar-refractivity contribution in [2.24, 2.45) is 0 Å². The van der Waals surface area contributed by atoms with Gasteiger partial charge in [-0.1, -0.05) is 54.6 Å². The molecule has 0 spiro atoms. The van der Waals surface area contributed by atoms with Crippen LogP contribution in [0, 0.1) is 48.5 Å². The molecule has 3 rings (SSSR count). The minimum atomic E-state index is 0.882. The number of hydrogen-bond acceptors (Lipinski definition) is 1. The van der Waals surface area contributed by atoms with Crippen molar-refractivity contribution in [3.63, 3.8) is 0 Å². The fourth-order valence-corrected chi connectivity index (χ4v) is 3.74. The molecule has 0 fully saturated rings. The lowest BCUT2D eigenvalue weighted by Gasteiger charge is -2.17. The molecule has 3 aromatic carbocycles. The van der Waals surface area contributed by atoms with Crippen LogP contribution in [0.4, 0.5) is 0 Å². The molecular formula is C28H32O. The number of benzene rings is 3. The van der Waals surface area contributed by atoms with Crippen LogP contribution in [0.3, 0.4) is 0 Å². The highest BCUT2D eigenvalue weighted by Crippen LogP contribution is 2.32. The Kier molecular flexibility index (Phi) is 7.73. The van der Waals surface area contributed by atoms with Gasteiger partial charge in [0.05, 0.1) is 0 Å². The van der Waals surface area contributed by atoms with Gasteiger partial charge in [0.25, 0.3) is 0 Å². The van der Waals surface area contributed by atoms with Crippen molar-refractivity contribution in [3.8, 4) is 0 Å². The van der Waals surface area contributed by atoms with Crippen molar-refractivity contribution in [3.05, 3.63) is 111 Å². The van der Waals surface area contributed by atoms with Crippen LogP contribution in [0.15, 0.2) is 60.7 Å². The minimum absolute atomic E-state index is 0.882. The number of carbonyl (C=O) groups excluding carboxylic acids is 1. The Morgan fingerprint density at radius 3 is 1.14 bits per heavy atom. The van der Waals surface area contributed by atoms with E-state index in [0.29, 0.717) is 0 Å². The van der Waals surface area contributed by atoms with E-state index in [4.69, 9.17) is 0 Å². The summed E-state index contributed by atoms with van der Waals surface area (Å²) in [4.78, 5) is 11.1. The van der Waals surface area contributed by atoms with Gasteiger partial charge in [-0.25, -0.2) is 0 Å². The van der Waals surface area contributed by atoms with Gasteiger partial charge in [0, 0.05) is 0 Å². The van der Waals surface area contributed by atoms with Gasteiger partial charge in [-0.05, 0) is 110 Å². The molecule has 1 nitrogen and oxygen atoms in total. The lowest BCUT2D eigenvalue weighted by Crippen LogP contribution is -2.00. The van der Waals surface area contributed by atoms with Gasteiger partial charge in [0.1, 0.15) is 6.29 Å². The number of allylic oxidation sites excluding steroid dienone is 1. The molecule has 29 heavy (non-hydrogen) atoms. The largest absolute Gasteiger partial charge is 0.299 e. The zero-order chi connectivity index (χ0) is 21.6. The van der Waals surface area contributed by atoms with Crippen LogP contribution in [-0.2, 0) is 4.79 Å². The topological polar surface area (TPSA) is 17.1 Å². The van der Waals surface area contributed by atoms with Crippen LogP contribution in [0.2, 0.25) is 0 Å². The fraction of sp³-hybridized carbons (Fsp3) is 0.250. The van der Waals surface area contributed by atoms with Gasteiger partial charge < -0.3 is 0 Å². The van der Waals surface area contributed by atoms with Crippen molar-refractivity contribution in [2.75, 3.05) is 0 Å². The van der Waals surface area contributed by atoms with Crippen LogP contribution in [0.25, 0.3) is 5.57 Å². The quantitative estimate of drug-likeness (QED) is 0.346. The highest BCUT2D eigenvalue weighted by Gasteiger charge is 2.14. The van der Waals surface area contributed by atoms with Crippen LogP contribution in [-0.4, -0.2) is 6.29 Å². The summed E-state index contributed by atoms with van der Waals surface area (Å²) in [6.45, 7) is 14.8. The first-order valence-electron chi connectivity index (χ1n) is 10.1. The van der Waals surface area contributed by atoms with E-state index in [1.54, 1.807) is 6.08 Å². The van der Waals surface area contributed by atoms with Crippen LogP contribution < -0.4 is 0 Å². The van der Waals surface area contributed by atoms with E-state index in [-0.39, 0.29) is 0 Å². The van der Waals surface area contributed by atoms with Gasteiger partial charge >= 0.3 is 0 Å². The Balaban J connectivity index is 0.000000278. The number of carbonyl (C=O) groups is 1. The number of hydrogen-bond donors (Lipinski definition) is 0. The second-order valence-corrected chi connectivity index (χ2v) is 7.77. The predicted molar refractivity (Wildman–Crippen MR) is 126 cm³/mol. The third-order valence-corrected chi connectivity index (χ3v) is 5.61. The third kappa shape index (κ3) is 5.32. The summed E-state index contributed by atoms with van der Waals surface area (Å²) in [5.41, 5.74) is 12.3. The number of rotatable bonds is 3. The molecule has 0 aromatic heterocycles. The molecule has 1 heteroatoms. The fourth-order valence-electron chi connectivity index (χ4n) is 3.74. The Morgan fingerprint density at radius 2 is 0.862 bits per heavy atom. The van der Waals surface area contributed by atoms with Gasteiger partial charge in [-0.2, -0.15) is 0 Å². The summed E-state index contributed by atoms with van der Waals surface area (Å²) in [6.07, 6.45) is 2.57. The highest BCUT2D eigenvalue weighted by atomic mass is 16.1. The molecule has 0 saturated carbocycles. The molecule has 3 aromatic rings. The minimum Gasteiger partial charge on any atom is -0.299 e. The van der Waals surface area contributed by atoms with Crippen LogP contribution in [0.5, 0.6) is 0 Å². The summed E-state index contributed by atoms with van der Waals surface area (Å²) in [5.74, 6) is 0. The van der Waals surface area contributed by atoms with E-state index < -0.39 is 0 Å². The second kappa shape index (κ2) is 10.0. The number of aldehydes is 1. The molecule has 0 atom stereocenters. The maximum atomic E-state index is 11.1. The summed E-state index contributed by atoms with van der Waals surface area (Å²) in [5, 5.41) is 0. The Hall–Kier alpha value is -2.93. The molecule has 0 N–H and O–H groups in total. The van der Waals surface area contributed by atoms with E-state index in [2.05, 4.69) is 103 Å². The average molecular weight is 385 g/mol. The van der Waals surface area contributed by atoms with Crippen molar-refractivity contribution in [1.82, 2.24) is 0 Å². The number of aryl methyl sites for hydroxylation is 6. The van der Waals surface area contributed by atoms with E-state index in [0.717, 1.165) is 23.0 Å². The standard InChI is InChI=1S/C19H20O.C9H12/c1-13-7-5-8-14(2)18(13)17(11-12-20)19-15(3)9-6-10-16(19)4;1-7-5-4-6-8(2)9(7)3/h5-12H,1-4H3;4-6H,1-3H3. The maximum absolute atomic E-state index is 11.1. The van der Waals surface area contributed by atoms with Crippen LogP contribution in [0.1, 0.15) is 50.1 Å². The van der Waals surface area contributed by atoms with Crippen molar-refractivity contribution < 1.29 is 4.79 Å². The zero-order valence-corrected chi connectivity index (χ0v) is 18.8. The molecule has 0 amide bonds. The monoisotopic (exact) mass is 384 g/mol. The molecule has 0 aliphatic rings. The molecule has 0 unspecified atom stereocenters. The molecule has 0 saturated heterocycles. The van der Waals surface area contributed by atoms with E-state index in [1.807, 2.05) is 0 Å². The van der Waals surface area contributed by atoms with Crippen molar-refractivity contribution in [1.29, 1.82) is 0 Å². The summed E-state index contributed by atoms with van der Waals surface area (Å²) < 4.78 is 0. The Morgan fingerprint density at radius 1 is 0.552 bits per heavy atom. The molecule has 0 aliphatic carbocycles. The van der Waals surface area contributed by atoms with E-state index in [1.165, 1.54) is 38.9 Å². The normalized spacial score (nSPS) is 10.0. The first-order chi connectivity index (χ1) is 13.8. The van der Waals surface area contributed by atoms with Gasteiger partial charge in [0.2, 0.25) is 0 Å². The molecule has 0 heterocycles. The smallest absolute Gasteiger partial charge is 0.143 e. The molecule has 0 radical (unpaired) electrons. The summed E-state index contributed by atoms with van der Waals surface area (Å²) in [6, 6.07) is 18.9. The maximum Gasteiger partial charge on any atom is 0.143 e. The third-order valence-electron chi connectivity index (χ3n) is 5.61. The molecule has 150 valence electrons. The van der Waals surface area contributed by atoms with Crippen molar-refractivity contribution >= 4 is 11.9 Å².